The van der Waals surface area contributed by atoms with E-state index in [9.17, 15) is 9.50 Å². The fourth-order valence-corrected chi connectivity index (χ4v) is 1.42. The molecule has 78 valence electrons. The Morgan fingerprint density at radius 3 is 2.57 bits per heavy atom. The Bertz CT molecular complexity index is 288. The monoisotopic (exact) mass is 197 g/mol. The summed E-state index contributed by atoms with van der Waals surface area (Å²) in [5, 5.41) is 9.24. The van der Waals surface area contributed by atoms with Gasteiger partial charge in [0.2, 0.25) is 0 Å². The highest BCUT2D eigenvalue weighted by atomic mass is 19.1. The van der Waals surface area contributed by atoms with Crippen molar-refractivity contribution in [2.75, 3.05) is 18.0 Å². The molecule has 0 aliphatic carbocycles. The standard InChI is InChI=1S/C11H16FNO/c1-3-13(8-9(2)14)11-7-5-4-6-10(11)12/h4-7,9,14H,3,8H2,1-2H3/t9-/m1/s1. The summed E-state index contributed by atoms with van der Waals surface area (Å²) in [6.07, 6.45) is -0.449. The first-order valence-electron chi connectivity index (χ1n) is 4.82. The lowest BCUT2D eigenvalue weighted by atomic mass is 10.2. The largest absolute Gasteiger partial charge is 0.392 e. The molecule has 0 bridgehead atoms. The molecule has 0 heterocycles. The number of likely N-dealkylation sites (N-methyl/N-ethyl adjacent to an activating group) is 1. The van der Waals surface area contributed by atoms with E-state index in [0.29, 0.717) is 18.8 Å². The van der Waals surface area contributed by atoms with Gasteiger partial charge in [-0.25, -0.2) is 4.39 Å². The van der Waals surface area contributed by atoms with Gasteiger partial charge in [-0.2, -0.15) is 0 Å². The Morgan fingerprint density at radius 2 is 2.07 bits per heavy atom. The Labute approximate surface area is 84.0 Å². The summed E-state index contributed by atoms with van der Waals surface area (Å²) in [6.45, 7) is 4.78. The van der Waals surface area contributed by atoms with Crippen molar-refractivity contribution in [3.8, 4) is 0 Å². The number of anilines is 1. The van der Waals surface area contributed by atoms with Crippen molar-refractivity contribution in [2.24, 2.45) is 0 Å². The van der Waals surface area contributed by atoms with Crippen molar-refractivity contribution in [1.29, 1.82) is 0 Å². The van der Waals surface area contributed by atoms with Crippen molar-refractivity contribution in [3.05, 3.63) is 30.1 Å². The van der Waals surface area contributed by atoms with Gasteiger partial charge < -0.3 is 10.0 Å². The molecule has 1 rings (SSSR count). The van der Waals surface area contributed by atoms with Gasteiger partial charge in [-0.05, 0) is 26.0 Å². The van der Waals surface area contributed by atoms with Crippen LogP contribution in [0.4, 0.5) is 10.1 Å². The molecule has 1 atom stereocenters. The van der Waals surface area contributed by atoms with Gasteiger partial charge in [0.25, 0.3) is 0 Å². The Hall–Kier alpha value is -1.09. The zero-order valence-corrected chi connectivity index (χ0v) is 8.57. The minimum Gasteiger partial charge on any atom is -0.392 e. The zero-order chi connectivity index (χ0) is 10.6. The van der Waals surface area contributed by atoms with Gasteiger partial charge in [0, 0.05) is 13.1 Å². The van der Waals surface area contributed by atoms with Crippen LogP contribution in [0.3, 0.4) is 0 Å². The molecule has 1 aromatic rings. The van der Waals surface area contributed by atoms with Crippen LogP contribution < -0.4 is 4.90 Å². The second-order valence-corrected chi connectivity index (χ2v) is 3.34. The van der Waals surface area contributed by atoms with Crippen molar-refractivity contribution in [3.63, 3.8) is 0 Å². The SMILES string of the molecule is CCN(C[C@@H](C)O)c1ccccc1F. The maximum absolute atomic E-state index is 13.4. The van der Waals surface area contributed by atoms with Gasteiger partial charge in [0.15, 0.2) is 0 Å². The third-order valence-corrected chi connectivity index (χ3v) is 2.06. The lowest BCUT2D eigenvalue weighted by Crippen LogP contribution is -2.31. The lowest BCUT2D eigenvalue weighted by molar-refractivity contribution is 0.200. The van der Waals surface area contributed by atoms with Crippen molar-refractivity contribution >= 4 is 5.69 Å². The van der Waals surface area contributed by atoms with Gasteiger partial charge in [-0.3, -0.25) is 0 Å². The third-order valence-electron chi connectivity index (χ3n) is 2.06. The molecular formula is C11H16FNO. The first-order valence-corrected chi connectivity index (χ1v) is 4.82. The summed E-state index contributed by atoms with van der Waals surface area (Å²) in [5.41, 5.74) is 0.552. The molecule has 0 aromatic heterocycles. The van der Waals surface area contributed by atoms with Crippen LogP contribution in [-0.4, -0.2) is 24.3 Å². The average molecular weight is 197 g/mol. The smallest absolute Gasteiger partial charge is 0.146 e. The van der Waals surface area contributed by atoms with Crippen LogP contribution in [0.1, 0.15) is 13.8 Å². The minimum atomic E-state index is -0.449. The number of hydrogen-bond donors (Lipinski definition) is 1. The average Bonchev–Trinajstić information content (AvgIpc) is 2.15. The van der Waals surface area contributed by atoms with Crippen molar-refractivity contribution < 1.29 is 9.50 Å². The maximum atomic E-state index is 13.4. The normalized spacial score (nSPS) is 12.6. The highest BCUT2D eigenvalue weighted by Gasteiger charge is 2.10. The summed E-state index contributed by atoms with van der Waals surface area (Å²) in [7, 11) is 0. The first-order chi connectivity index (χ1) is 6.65. The van der Waals surface area contributed by atoms with E-state index in [1.807, 2.05) is 11.8 Å². The molecule has 2 nitrogen and oxygen atoms in total. The van der Waals surface area contributed by atoms with Crippen LogP contribution in [0, 0.1) is 5.82 Å². The molecule has 1 aromatic carbocycles. The molecule has 0 saturated heterocycles. The zero-order valence-electron chi connectivity index (χ0n) is 8.57. The van der Waals surface area contributed by atoms with E-state index in [2.05, 4.69) is 0 Å². The number of para-hydroxylation sites is 1. The van der Waals surface area contributed by atoms with Crippen LogP contribution >= 0.6 is 0 Å². The van der Waals surface area contributed by atoms with Crippen LogP contribution in [0.25, 0.3) is 0 Å². The molecule has 0 radical (unpaired) electrons. The van der Waals surface area contributed by atoms with Crippen LogP contribution in [0.5, 0.6) is 0 Å². The molecule has 14 heavy (non-hydrogen) atoms. The van der Waals surface area contributed by atoms with E-state index in [-0.39, 0.29) is 5.82 Å². The van der Waals surface area contributed by atoms with E-state index in [4.69, 9.17) is 0 Å². The van der Waals surface area contributed by atoms with E-state index in [0.717, 1.165) is 0 Å². The first kappa shape index (κ1) is 11.0. The van der Waals surface area contributed by atoms with Gasteiger partial charge in [0.1, 0.15) is 5.82 Å². The highest BCUT2D eigenvalue weighted by molar-refractivity contribution is 5.47. The quantitative estimate of drug-likeness (QED) is 0.798. The summed E-state index contributed by atoms with van der Waals surface area (Å²) in [4.78, 5) is 1.82. The van der Waals surface area contributed by atoms with E-state index in [1.54, 1.807) is 25.1 Å². The molecule has 3 heteroatoms. The third kappa shape index (κ3) is 2.70. The molecule has 0 spiro atoms. The number of rotatable bonds is 4. The molecule has 0 aliphatic rings. The number of nitrogens with zero attached hydrogens (tertiary/aromatic N) is 1. The fourth-order valence-electron chi connectivity index (χ4n) is 1.42. The Morgan fingerprint density at radius 1 is 1.43 bits per heavy atom. The number of aliphatic hydroxyl groups excluding tert-OH is 1. The summed E-state index contributed by atoms with van der Waals surface area (Å²) >= 11 is 0. The van der Waals surface area contributed by atoms with Crippen molar-refractivity contribution in [1.82, 2.24) is 0 Å². The lowest BCUT2D eigenvalue weighted by Gasteiger charge is -2.24. The second kappa shape index (κ2) is 4.96. The number of halogens is 1. The van der Waals surface area contributed by atoms with Gasteiger partial charge in [0.05, 0.1) is 11.8 Å². The number of aliphatic hydroxyl groups is 1. The molecule has 0 aliphatic heterocycles. The van der Waals surface area contributed by atoms with Gasteiger partial charge in [-0.1, -0.05) is 12.1 Å². The maximum Gasteiger partial charge on any atom is 0.146 e. The van der Waals surface area contributed by atoms with Gasteiger partial charge in [-0.15, -0.1) is 0 Å². The highest BCUT2D eigenvalue weighted by Crippen LogP contribution is 2.18. The fraction of sp³-hybridized carbons (Fsp3) is 0.455. The predicted octanol–water partition coefficient (Wildman–Crippen LogP) is 2.03. The van der Waals surface area contributed by atoms with Crippen LogP contribution in [-0.2, 0) is 0 Å². The molecular weight excluding hydrogens is 181 g/mol. The van der Waals surface area contributed by atoms with E-state index in [1.165, 1.54) is 6.07 Å². The van der Waals surface area contributed by atoms with Gasteiger partial charge >= 0.3 is 0 Å². The molecule has 0 fully saturated rings. The number of benzene rings is 1. The number of hydrogen-bond acceptors (Lipinski definition) is 2. The summed E-state index contributed by atoms with van der Waals surface area (Å²) in [6, 6.07) is 6.61. The Balaban J connectivity index is 2.83. The molecule has 0 unspecified atom stereocenters. The molecule has 0 saturated carbocycles. The van der Waals surface area contributed by atoms with E-state index < -0.39 is 6.10 Å². The Kier molecular flexibility index (Phi) is 3.89. The van der Waals surface area contributed by atoms with E-state index >= 15 is 0 Å². The summed E-state index contributed by atoms with van der Waals surface area (Å²) in [5.74, 6) is -0.241. The predicted molar refractivity (Wildman–Crippen MR) is 56.0 cm³/mol. The summed E-state index contributed by atoms with van der Waals surface area (Å²) < 4.78 is 13.4. The van der Waals surface area contributed by atoms with Crippen LogP contribution in [0.2, 0.25) is 0 Å². The second-order valence-electron chi connectivity index (χ2n) is 3.34. The van der Waals surface area contributed by atoms with Crippen LogP contribution in [0.15, 0.2) is 24.3 Å². The van der Waals surface area contributed by atoms with Crippen molar-refractivity contribution in [2.45, 2.75) is 20.0 Å². The minimum absolute atomic E-state index is 0.241. The topological polar surface area (TPSA) is 23.5 Å². The molecule has 0 amide bonds. The molecule has 1 N–H and O–H groups in total.